The van der Waals surface area contributed by atoms with Crippen LogP contribution in [0.5, 0.6) is 0 Å². The van der Waals surface area contributed by atoms with Crippen LogP contribution in [-0.2, 0) is 22.4 Å². The average Bonchev–Trinajstić information content (AvgIpc) is 2.68. The Labute approximate surface area is 109 Å². The lowest BCUT2D eigenvalue weighted by Crippen LogP contribution is -2.39. The van der Waals surface area contributed by atoms with Gasteiger partial charge >= 0.3 is 5.97 Å². The lowest BCUT2D eigenvalue weighted by atomic mass is 10.2. The van der Waals surface area contributed by atoms with Crippen molar-refractivity contribution in [3.63, 3.8) is 0 Å². The molecule has 1 aromatic heterocycles. The normalized spacial score (nSPS) is 12.1. The molecular weight excluding hydrogens is 256 g/mol. The molecule has 100 valence electrons. The third-order valence-corrected chi connectivity index (χ3v) is 3.25. The standard InChI is InChI=1S/C10H16N4O3S/c1-7(15)13-8(10(16)17)3-4-18-5-9-11-6-12-14(9)2/h6,8H,3-5H2,1-2H3,(H,13,15)(H,16,17). The molecule has 1 aromatic rings. The monoisotopic (exact) mass is 272 g/mol. The number of carbonyl (C=O) groups is 2. The minimum absolute atomic E-state index is 0.333. The fourth-order valence-corrected chi connectivity index (χ4v) is 2.31. The van der Waals surface area contributed by atoms with Crippen LogP contribution in [0.25, 0.3) is 0 Å². The Bertz CT molecular complexity index is 421. The van der Waals surface area contributed by atoms with E-state index in [4.69, 9.17) is 5.11 Å². The number of rotatable bonds is 7. The highest BCUT2D eigenvalue weighted by Gasteiger charge is 2.17. The van der Waals surface area contributed by atoms with Gasteiger partial charge in [-0.1, -0.05) is 0 Å². The van der Waals surface area contributed by atoms with Gasteiger partial charge in [0.25, 0.3) is 0 Å². The molecule has 0 aliphatic rings. The molecule has 0 aliphatic heterocycles. The zero-order chi connectivity index (χ0) is 13.5. The highest BCUT2D eigenvalue weighted by atomic mass is 32.2. The topological polar surface area (TPSA) is 97.1 Å². The van der Waals surface area contributed by atoms with Gasteiger partial charge < -0.3 is 10.4 Å². The third kappa shape index (κ3) is 4.74. The van der Waals surface area contributed by atoms with Gasteiger partial charge in [0.05, 0.1) is 5.75 Å². The molecule has 7 nitrogen and oxygen atoms in total. The lowest BCUT2D eigenvalue weighted by Gasteiger charge is -2.12. The van der Waals surface area contributed by atoms with Crippen LogP contribution >= 0.6 is 11.8 Å². The van der Waals surface area contributed by atoms with Gasteiger partial charge in [0.1, 0.15) is 18.2 Å². The van der Waals surface area contributed by atoms with Crippen LogP contribution in [0.15, 0.2) is 6.33 Å². The first kappa shape index (κ1) is 14.5. The van der Waals surface area contributed by atoms with Gasteiger partial charge in [-0.15, -0.1) is 0 Å². The second-order valence-electron chi connectivity index (χ2n) is 3.73. The van der Waals surface area contributed by atoms with E-state index in [2.05, 4.69) is 15.4 Å². The SMILES string of the molecule is CC(=O)NC(CCSCc1ncnn1C)C(=O)O. The molecule has 1 rings (SSSR count). The maximum absolute atomic E-state index is 10.9. The molecule has 0 radical (unpaired) electrons. The second kappa shape index (κ2) is 7.00. The predicted octanol–water partition coefficient (Wildman–Crippen LogP) is 0.0277. The average molecular weight is 272 g/mol. The minimum Gasteiger partial charge on any atom is -0.480 e. The van der Waals surface area contributed by atoms with Crippen molar-refractivity contribution in [3.05, 3.63) is 12.2 Å². The number of carboxylic acids is 1. The summed E-state index contributed by atoms with van der Waals surface area (Å²) in [5.74, 6) is 0.795. The molecule has 18 heavy (non-hydrogen) atoms. The maximum Gasteiger partial charge on any atom is 0.326 e. The zero-order valence-corrected chi connectivity index (χ0v) is 11.1. The fourth-order valence-electron chi connectivity index (χ4n) is 1.32. The van der Waals surface area contributed by atoms with E-state index in [1.807, 2.05) is 0 Å². The molecule has 0 aliphatic carbocycles. The van der Waals surface area contributed by atoms with Gasteiger partial charge in [0, 0.05) is 14.0 Å². The van der Waals surface area contributed by atoms with Crippen molar-refractivity contribution in [2.75, 3.05) is 5.75 Å². The number of hydrogen-bond donors (Lipinski definition) is 2. The molecule has 1 amide bonds. The number of thioether (sulfide) groups is 1. The van der Waals surface area contributed by atoms with E-state index in [0.29, 0.717) is 17.9 Å². The van der Waals surface area contributed by atoms with Gasteiger partial charge in [-0.2, -0.15) is 16.9 Å². The fraction of sp³-hybridized carbons (Fsp3) is 0.600. The summed E-state index contributed by atoms with van der Waals surface area (Å²) in [5.41, 5.74) is 0. The van der Waals surface area contributed by atoms with Crippen LogP contribution in [-0.4, -0.2) is 43.5 Å². The molecule has 0 aromatic carbocycles. The Morgan fingerprint density at radius 2 is 2.33 bits per heavy atom. The van der Waals surface area contributed by atoms with Crippen molar-refractivity contribution < 1.29 is 14.7 Å². The number of nitrogens with zero attached hydrogens (tertiary/aromatic N) is 3. The van der Waals surface area contributed by atoms with Crippen molar-refractivity contribution >= 4 is 23.6 Å². The van der Waals surface area contributed by atoms with E-state index in [0.717, 1.165) is 5.82 Å². The highest BCUT2D eigenvalue weighted by molar-refractivity contribution is 7.98. The van der Waals surface area contributed by atoms with Crippen LogP contribution in [0.2, 0.25) is 0 Å². The summed E-state index contributed by atoms with van der Waals surface area (Å²) in [4.78, 5) is 25.7. The molecule has 2 N–H and O–H groups in total. The van der Waals surface area contributed by atoms with E-state index < -0.39 is 12.0 Å². The number of hydrogen-bond acceptors (Lipinski definition) is 5. The van der Waals surface area contributed by atoms with Crippen molar-refractivity contribution in [2.45, 2.75) is 25.1 Å². The van der Waals surface area contributed by atoms with E-state index in [1.165, 1.54) is 13.3 Å². The number of amides is 1. The number of carboxylic acid groups (broad SMARTS) is 1. The number of aromatic nitrogens is 3. The third-order valence-electron chi connectivity index (χ3n) is 2.26. The van der Waals surface area contributed by atoms with Gasteiger partial charge in [0.2, 0.25) is 5.91 Å². The number of carbonyl (C=O) groups excluding carboxylic acids is 1. The molecular formula is C10H16N4O3S. The summed E-state index contributed by atoms with van der Waals surface area (Å²) in [6, 6.07) is -0.825. The molecule has 1 unspecified atom stereocenters. The lowest BCUT2D eigenvalue weighted by molar-refractivity contribution is -0.141. The maximum atomic E-state index is 10.9. The Morgan fingerprint density at radius 3 is 2.83 bits per heavy atom. The van der Waals surface area contributed by atoms with Crippen LogP contribution in [0, 0.1) is 0 Å². The molecule has 0 fully saturated rings. The van der Waals surface area contributed by atoms with Gasteiger partial charge in [-0.05, 0) is 12.2 Å². The Hall–Kier alpha value is -1.57. The van der Waals surface area contributed by atoms with E-state index in [1.54, 1.807) is 23.5 Å². The highest BCUT2D eigenvalue weighted by Crippen LogP contribution is 2.11. The van der Waals surface area contributed by atoms with Crippen LogP contribution in [0.1, 0.15) is 19.2 Å². The number of nitrogens with one attached hydrogen (secondary N) is 1. The molecule has 0 saturated heterocycles. The largest absolute Gasteiger partial charge is 0.480 e. The molecule has 8 heteroatoms. The molecule has 0 bridgehead atoms. The first-order chi connectivity index (χ1) is 8.50. The first-order valence-electron chi connectivity index (χ1n) is 5.41. The number of aryl methyl sites for hydroxylation is 1. The summed E-state index contributed by atoms with van der Waals surface area (Å²) in [6.07, 6.45) is 1.87. The van der Waals surface area contributed by atoms with Crippen molar-refractivity contribution in [1.29, 1.82) is 0 Å². The summed E-state index contributed by atoms with van der Waals surface area (Å²) >= 11 is 1.56. The molecule has 0 spiro atoms. The number of aliphatic carboxylic acids is 1. The zero-order valence-electron chi connectivity index (χ0n) is 10.3. The van der Waals surface area contributed by atoms with Crippen molar-refractivity contribution in [1.82, 2.24) is 20.1 Å². The van der Waals surface area contributed by atoms with Crippen molar-refractivity contribution in [2.24, 2.45) is 7.05 Å². The Balaban J connectivity index is 2.29. The summed E-state index contributed by atoms with van der Waals surface area (Å²) in [7, 11) is 1.81. The van der Waals surface area contributed by atoms with Gasteiger partial charge in [-0.25, -0.2) is 9.78 Å². The van der Waals surface area contributed by atoms with Gasteiger partial charge in [0.15, 0.2) is 0 Å². The summed E-state index contributed by atoms with van der Waals surface area (Å²) in [5, 5.41) is 15.2. The van der Waals surface area contributed by atoms with Crippen LogP contribution in [0.3, 0.4) is 0 Å². The smallest absolute Gasteiger partial charge is 0.326 e. The predicted molar refractivity (Wildman–Crippen MR) is 67.0 cm³/mol. The summed E-state index contributed by atoms with van der Waals surface area (Å²) < 4.78 is 1.68. The van der Waals surface area contributed by atoms with Crippen LogP contribution < -0.4 is 5.32 Å². The van der Waals surface area contributed by atoms with E-state index in [-0.39, 0.29) is 5.91 Å². The molecule has 0 saturated carbocycles. The quantitative estimate of drug-likeness (QED) is 0.680. The summed E-state index contributed by atoms with van der Waals surface area (Å²) in [6.45, 7) is 1.31. The molecule has 1 heterocycles. The Morgan fingerprint density at radius 1 is 1.61 bits per heavy atom. The van der Waals surface area contributed by atoms with Crippen LogP contribution in [0.4, 0.5) is 0 Å². The second-order valence-corrected chi connectivity index (χ2v) is 4.84. The van der Waals surface area contributed by atoms with Crippen molar-refractivity contribution in [3.8, 4) is 0 Å². The first-order valence-corrected chi connectivity index (χ1v) is 6.56. The van der Waals surface area contributed by atoms with E-state index >= 15 is 0 Å². The molecule has 1 atom stereocenters. The van der Waals surface area contributed by atoms with E-state index in [9.17, 15) is 9.59 Å². The Kier molecular flexibility index (Phi) is 5.63. The minimum atomic E-state index is -1.01. The van der Waals surface area contributed by atoms with Gasteiger partial charge in [-0.3, -0.25) is 9.48 Å².